The van der Waals surface area contributed by atoms with Crippen LogP contribution in [0.15, 0.2) is 35.6 Å². The van der Waals surface area contributed by atoms with Crippen LogP contribution in [0.5, 0.6) is 5.75 Å². The smallest absolute Gasteiger partial charge is 0.306 e. The summed E-state index contributed by atoms with van der Waals surface area (Å²) in [5.41, 5.74) is 3.05. The number of aliphatic hydroxyl groups excluding tert-OH is 2. The highest BCUT2D eigenvalue weighted by molar-refractivity contribution is 6.24. The van der Waals surface area contributed by atoms with Gasteiger partial charge in [-0.2, -0.15) is 0 Å². The first-order valence-corrected chi connectivity index (χ1v) is 13.6. The Morgan fingerprint density at radius 1 is 1.19 bits per heavy atom. The summed E-state index contributed by atoms with van der Waals surface area (Å²) >= 11 is 0. The average Bonchev–Trinajstić information content (AvgIpc) is 2.89. The number of aromatic hydroxyl groups is 1. The van der Waals surface area contributed by atoms with Gasteiger partial charge in [0, 0.05) is 37.7 Å². The quantitative estimate of drug-likeness (QED) is 0.121. The maximum Gasteiger partial charge on any atom is 0.306 e. The van der Waals surface area contributed by atoms with Crippen LogP contribution in [0.2, 0.25) is 0 Å². The molecule has 1 amide bonds. The van der Waals surface area contributed by atoms with E-state index in [4.69, 9.17) is 10.5 Å². The minimum Gasteiger partial charge on any atom is -0.508 e. The van der Waals surface area contributed by atoms with Crippen LogP contribution in [-0.4, -0.2) is 95.2 Å². The van der Waals surface area contributed by atoms with Crippen LogP contribution in [-0.2, 0) is 36.8 Å². The number of carbonyl (C=O) groups is 4. The lowest BCUT2D eigenvalue weighted by Crippen LogP contribution is -2.65. The molecule has 0 unspecified atom stereocenters. The number of benzene rings is 1. The van der Waals surface area contributed by atoms with E-state index >= 15 is 0 Å². The van der Waals surface area contributed by atoms with Gasteiger partial charge in [0.1, 0.15) is 22.8 Å². The summed E-state index contributed by atoms with van der Waals surface area (Å²) < 4.78 is 5.15. The summed E-state index contributed by atoms with van der Waals surface area (Å²) in [7, 11) is 6.65. The number of ether oxygens (including phenoxy) is 1. The Hall–Kier alpha value is -4.16. The first kappa shape index (κ1) is 30.8. The van der Waals surface area contributed by atoms with Crippen molar-refractivity contribution >= 4 is 34.9 Å². The van der Waals surface area contributed by atoms with E-state index in [-0.39, 0.29) is 49.2 Å². The fraction of sp³-hybridized carbons (Fsp3) is 0.467. The highest BCUT2D eigenvalue weighted by Crippen LogP contribution is 2.54. The number of aryl methyl sites for hydroxylation is 1. The monoisotopic (exact) mass is 583 g/mol. The lowest BCUT2D eigenvalue weighted by molar-refractivity contribution is -0.153. The van der Waals surface area contributed by atoms with Gasteiger partial charge in [0.2, 0.25) is 5.78 Å². The number of Topliss-reactive ketones (excluding diaryl/α,β-unsaturated/α-hetero) is 2. The SMILES string of the molecule is C=CCCOC(=O)CCc1cc(N(C)C)c2c(c1O)C(O)=C1C(=O)[C@]3(O)C(O)=C(C(N)=O)C(=O)[C@H](N(C)C)[C@H]3C[C@H]1C2. The lowest BCUT2D eigenvalue weighted by atomic mass is 9.57. The molecule has 0 spiro atoms. The predicted molar refractivity (Wildman–Crippen MR) is 153 cm³/mol. The fourth-order valence-electron chi connectivity index (χ4n) is 6.50. The number of hydrogen-bond acceptors (Lipinski definition) is 11. The number of nitrogens with two attached hydrogens (primary N) is 1. The number of phenolic OH excluding ortho intramolecular Hbond substituents is 1. The zero-order valence-corrected chi connectivity index (χ0v) is 24.1. The number of aliphatic hydroxyl groups is 3. The van der Waals surface area contributed by atoms with Gasteiger partial charge in [-0.3, -0.25) is 24.1 Å². The first-order valence-electron chi connectivity index (χ1n) is 13.6. The number of carbonyl (C=O) groups excluding carboxylic acids is 4. The molecule has 3 aliphatic rings. The summed E-state index contributed by atoms with van der Waals surface area (Å²) in [6.45, 7) is 3.76. The number of ketones is 2. The standard InChI is InChI=1S/C30H37N3O9/c1-6-7-10-42-19(34)9-8-14-13-18(32(2)3)16-11-15-12-17-23(33(4)5)26(37)22(29(31)40)28(39)30(17,41)27(38)20(15)25(36)21(16)24(14)35/h6,13,15,17,23,35-36,39,41H,1,7-12H2,2-5H3,(H2,31,40)/t15-,17-,23-,30+/m1/s1. The van der Waals surface area contributed by atoms with Crippen molar-refractivity contribution < 1.29 is 44.3 Å². The van der Waals surface area contributed by atoms with Crippen molar-refractivity contribution in [3.63, 3.8) is 0 Å². The topological polar surface area (TPSA) is 191 Å². The molecule has 1 fully saturated rings. The number of fused-ring (bicyclic) bond motifs is 3. The molecule has 4 rings (SSSR count). The average molecular weight is 584 g/mol. The highest BCUT2D eigenvalue weighted by atomic mass is 16.5. The third kappa shape index (κ3) is 4.74. The van der Waals surface area contributed by atoms with Crippen LogP contribution in [0.4, 0.5) is 5.69 Å². The van der Waals surface area contributed by atoms with E-state index in [9.17, 15) is 39.6 Å². The van der Waals surface area contributed by atoms with Gasteiger partial charge >= 0.3 is 5.97 Å². The molecule has 1 aromatic rings. The molecule has 0 saturated heterocycles. The van der Waals surface area contributed by atoms with Crippen LogP contribution >= 0.6 is 0 Å². The zero-order chi connectivity index (χ0) is 31.3. The summed E-state index contributed by atoms with van der Waals surface area (Å²) in [4.78, 5) is 54.9. The first-order chi connectivity index (χ1) is 19.7. The zero-order valence-electron chi connectivity index (χ0n) is 24.1. The molecule has 3 aliphatic carbocycles. The lowest BCUT2D eigenvalue weighted by Gasteiger charge is -2.50. The van der Waals surface area contributed by atoms with Gasteiger partial charge in [-0.1, -0.05) is 6.08 Å². The minimum absolute atomic E-state index is 0.00229. The second kappa shape index (κ2) is 11.3. The number of rotatable bonds is 9. The molecule has 0 aliphatic heterocycles. The van der Waals surface area contributed by atoms with Crippen molar-refractivity contribution in [3.8, 4) is 5.75 Å². The van der Waals surface area contributed by atoms with Crippen LogP contribution in [0.3, 0.4) is 0 Å². The number of nitrogens with zero attached hydrogens (tertiary/aromatic N) is 2. The Balaban J connectivity index is 1.85. The molecule has 4 atom stereocenters. The van der Waals surface area contributed by atoms with E-state index in [1.807, 2.05) is 0 Å². The second-order valence-electron chi connectivity index (χ2n) is 11.4. The van der Waals surface area contributed by atoms with Gasteiger partial charge in [-0.15, -0.1) is 6.58 Å². The Morgan fingerprint density at radius 3 is 2.43 bits per heavy atom. The van der Waals surface area contributed by atoms with E-state index < -0.39 is 64.0 Å². The Kier molecular flexibility index (Phi) is 8.25. The predicted octanol–water partition coefficient (Wildman–Crippen LogP) is 1.08. The van der Waals surface area contributed by atoms with E-state index in [2.05, 4.69) is 6.58 Å². The van der Waals surface area contributed by atoms with Crippen LogP contribution in [0, 0.1) is 11.8 Å². The van der Waals surface area contributed by atoms with Gasteiger partial charge in [-0.25, -0.2) is 0 Å². The van der Waals surface area contributed by atoms with Gasteiger partial charge in [0.05, 0.1) is 18.2 Å². The van der Waals surface area contributed by atoms with Crippen molar-refractivity contribution in [3.05, 3.63) is 52.3 Å². The Bertz CT molecular complexity index is 1440. The highest BCUT2D eigenvalue weighted by Gasteiger charge is 2.64. The normalized spacial score (nSPS) is 25.1. The molecule has 12 heteroatoms. The summed E-state index contributed by atoms with van der Waals surface area (Å²) in [6, 6.07) is 0.558. The molecular weight excluding hydrogens is 546 g/mol. The molecule has 1 aromatic carbocycles. The molecule has 42 heavy (non-hydrogen) atoms. The molecule has 6 N–H and O–H groups in total. The maximum absolute atomic E-state index is 14.0. The Morgan fingerprint density at radius 2 is 1.86 bits per heavy atom. The number of likely N-dealkylation sites (N-methyl/N-ethyl adjacent to an activating group) is 1. The molecule has 1 saturated carbocycles. The van der Waals surface area contributed by atoms with Crippen LogP contribution in [0.25, 0.3) is 5.76 Å². The van der Waals surface area contributed by atoms with Gasteiger partial charge < -0.3 is 35.8 Å². The van der Waals surface area contributed by atoms with Crippen molar-refractivity contribution in [2.24, 2.45) is 17.6 Å². The van der Waals surface area contributed by atoms with Crippen molar-refractivity contribution in [2.45, 2.75) is 43.7 Å². The van der Waals surface area contributed by atoms with E-state index in [1.54, 1.807) is 45.2 Å². The molecule has 12 nitrogen and oxygen atoms in total. The molecular formula is C30H37N3O9. The van der Waals surface area contributed by atoms with Crippen LogP contribution < -0.4 is 10.6 Å². The third-order valence-electron chi connectivity index (χ3n) is 8.44. The minimum atomic E-state index is -2.71. The summed E-state index contributed by atoms with van der Waals surface area (Å²) in [6.07, 6.45) is 2.32. The number of amides is 1. The van der Waals surface area contributed by atoms with Gasteiger partial charge in [-0.05, 0) is 62.9 Å². The van der Waals surface area contributed by atoms with Crippen molar-refractivity contribution in [1.29, 1.82) is 0 Å². The summed E-state index contributed by atoms with van der Waals surface area (Å²) in [5.74, 6) is -7.54. The van der Waals surface area contributed by atoms with E-state index in [1.165, 1.54) is 4.90 Å². The number of anilines is 1. The number of primary amides is 1. The molecule has 226 valence electrons. The van der Waals surface area contributed by atoms with E-state index in [0.717, 1.165) is 0 Å². The largest absolute Gasteiger partial charge is 0.508 e. The molecule has 0 radical (unpaired) electrons. The van der Waals surface area contributed by atoms with Gasteiger partial charge in [0.15, 0.2) is 11.4 Å². The molecule has 0 heterocycles. The number of esters is 1. The van der Waals surface area contributed by atoms with Crippen LogP contribution in [0.1, 0.15) is 36.0 Å². The fourth-order valence-corrected chi connectivity index (χ4v) is 6.50. The van der Waals surface area contributed by atoms with Gasteiger partial charge in [0.25, 0.3) is 5.91 Å². The van der Waals surface area contributed by atoms with Crippen molar-refractivity contribution in [1.82, 2.24) is 4.90 Å². The Labute approximate surface area is 243 Å². The summed E-state index contributed by atoms with van der Waals surface area (Å²) in [5, 5.41) is 45.6. The van der Waals surface area contributed by atoms with E-state index in [0.29, 0.717) is 23.2 Å². The molecule has 0 bridgehead atoms. The second-order valence-corrected chi connectivity index (χ2v) is 11.4. The number of hydrogen-bond donors (Lipinski definition) is 5. The number of phenols is 1. The van der Waals surface area contributed by atoms with Crippen molar-refractivity contribution in [2.75, 3.05) is 39.7 Å². The third-order valence-corrected chi connectivity index (χ3v) is 8.44. The molecule has 0 aromatic heterocycles. The maximum atomic E-state index is 14.0.